The third kappa shape index (κ3) is 1.76. The molecule has 1 saturated carbocycles. The van der Waals surface area contributed by atoms with Gasteiger partial charge >= 0.3 is 0 Å². The molecule has 0 radical (unpaired) electrons. The second-order valence-electron chi connectivity index (χ2n) is 3.58. The first-order chi connectivity index (χ1) is 5.86. The molecular formula is C12H14. The van der Waals surface area contributed by atoms with Gasteiger partial charge in [-0.3, -0.25) is 0 Å². The van der Waals surface area contributed by atoms with Crippen LogP contribution in [0.3, 0.4) is 0 Å². The van der Waals surface area contributed by atoms with Crippen LogP contribution in [0.15, 0.2) is 42.5 Å². The van der Waals surface area contributed by atoms with Gasteiger partial charge in [0.1, 0.15) is 0 Å². The third-order valence-corrected chi connectivity index (χ3v) is 2.55. The van der Waals surface area contributed by atoms with Crippen LogP contribution in [0.4, 0.5) is 0 Å². The highest BCUT2D eigenvalue weighted by Gasteiger charge is 2.25. The van der Waals surface area contributed by atoms with Gasteiger partial charge in [-0.05, 0) is 30.7 Å². The molecule has 0 aromatic heterocycles. The lowest BCUT2D eigenvalue weighted by Crippen LogP contribution is -1.85. The number of hydrogen-bond acceptors (Lipinski definition) is 0. The molecule has 12 heavy (non-hydrogen) atoms. The molecule has 1 aromatic rings. The molecule has 0 spiro atoms. The Morgan fingerprint density at radius 1 is 1.25 bits per heavy atom. The Hall–Kier alpha value is -1.04. The fraction of sp³-hybridized carbons (Fsp3) is 0.333. The van der Waals surface area contributed by atoms with Crippen LogP contribution in [-0.2, 0) is 6.42 Å². The molecule has 0 saturated heterocycles. The van der Waals surface area contributed by atoms with Gasteiger partial charge in [0.2, 0.25) is 0 Å². The van der Waals surface area contributed by atoms with Crippen molar-refractivity contribution >= 4 is 0 Å². The first kappa shape index (κ1) is 7.60. The lowest BCUT2D eigenvalue weighted by atomic mass is 10.1. The highest BCUT2D eigenvalue weighted by molar-refractivity contribution is 5.21. The van der Waals surface area contributed by atoms with Gasteiger partial charge in [0.15, 0.2) is 0 Å². The van der Waals surface area contributed by atoms with Gasteiger partial charge in [-0.15, -0.1) is 0 Å². The molecule has 0 bridgehead atoms. The van der Waals surface area contributed by atoms with Gasteiger partial charge in [-0.2, -0.15) is 0 Å². The van der Waals surface area contributed by atoms with Crippen molar-refractivity contribution in [2.45, 2.75) is 19.3 Å². The molecule has 0 heteroatoms. The van der Waals surface area contributed by atoms with Crippen molar-refractivity contribution in [1.29, 1.82) is 0 Å². The fourth-order valence-electron chi connectivity index (χ4n) is 1.55. The first-order valence-corrected chi connectivity index (χ1v) is 4.58. The Bertz CT molecular complexity index is 271. The van der Waals surface area contributed by atoms with Crippen molar-refractivity contribution in [3.63, 3.8) is 0 Å². The molecule has 0 amide bonds. The first-order valence-electron chi connectivity index (χ1n) is 4.58. The van der Waals surface area contributed by atoms with Crippen LogP contribution in [0, 0.1) is 5.92 Å². The van der Waals surface area contributed by atoms with E-state index in [1.54, 1.807) is 0 Å². The Morgan fingerprint density at radius 2 is 1.92 bits per heavy atom. The zero-order chi connectivity index (χ0) is 8.39. The van der Waals surface area contributed by atoms with Crippen molar-refractivity contribution in [3.8, 4) is 0 Å². The van der Waals surface area contributed by atoms with Crippen LogP contribution in [-0.4, -0.2) is 0 Å². The summed E-state index contributed by atoms with van der Waals surface area (Å²) < 4.78 is 0. The van der Waals surface area contributed by atoms with Gasteiger partial charge < -0.3 is 0 Å². The summed E-state index contributed by atoms with van der Waals surface area (Å²) in [6, 6.07) is 10.7. The lowest BCUT2D eigenvalue weighted by molar-refractivity contribution is 0.748. The van der Waals surface area contributed by atoms with Crippen molar-refractivity contribution < 1.29 is 0 Å². The molecule has 0 heterocycles. The number of hydrogen-bond donors (Lipinski definition) is 0. The SMILES string of the molecule is C=C1C[C@@H]1CCc1ccccc1. The maximum absolute atomic E-state index is 3.96. The van der Waals surface area contributed by atoms with Crippen LogP contribution < -0.4 is 0 Å². The van der Waals surface area contributed by atoms with Crippen molar-refractivity contribution in [2.24, 2.45) is 5.92 Å². The maximum atomic E-state index is 3.96. The summed E-state index contributed by atoms with van der Waals surface area (Å²) in [5.41, 5.74) is 2.91. The minimum atomic E-state index is 0.838. The van der Waals surface area contributed by atoms with Crippen LogP contribution in [0.25, 0.3) is 0 Å². The van der Waals surface area contributed by atoms with Gasteiger partial charge in [0.25, 0.3) is 0 Å². The van der Waals surface area contributed by atoms with Gasteiger partial charge in [-0.1, -0.05) is 42.5 Å². The Kier molecular flexibility index (Phi) is 1.99. The summed E-state index contributed by atoms with van der Waals surface area (Å²) in [5, 5.41) is 0. The van der Waals surface area contributed by atoms with E-state index < -0.39 is 0 Å². The zero-order valence-corrected chi connectivity index (χ0v) is 7.29. The van der Waals surface area contributed by atoms with Gasteiger partial charge in [-0.25, -0.2) is 0 Å². The third-order valence-electron chi connectivity index (χ3n) is 2.55. The van der Waals surface area contributed by atoms with E-state index in [-0.39, 0.29) is 0 Å². The predicted octanol–water partition coefficient (Wildman–Crippen LogP) is 3.20. The van der Waals surface area contributed by atoms with E-state index in [4.69, 9.17) is 0 Å². The summed E-state index contributed by atoms with van der Waals surface area (Å²) >= 11 is 0. The monoisotopic (exact) mass is 158 g/mol. The number of rotatable bonds is 3. The normalized spacial score (nSPS) is 21.0. The minimum absolute atomic E-state index is 0.838. The molecule has 62 valence electrons. The smallest absolute Gasteiger partial charge is 0.0165 e. The fourth-order valence-corrected chi connectivity index (χ4v) is 1.55. The van der Waals surface area contributed by atoms with E-state index in [2.05, 4.69) is 36.9 Å². The van der Waals surface area contributed by atoms with Crippen LogP contribution >= 0.6 is 0 Å². The van der Waals surface area contributed by atoms with Crippen molar-refractivity contribution in [2.75, 3.05) is 0 Å². The molecule has 1 aliphatic rings. The molecule has 1 atom stereocenters. The zero-order valence-electron chi connectivity index (χ0n) is 7.29. The molecule has 2 rings (SSSR count). The highest BCUT2D eigenvalue weighted by atomic mass is 14.3. The average Bonchev–Trinajstić information content (AvgIpc) is 2.81. The topological polar surface area (TPSA) is 0 Å². The molecule has 0 unspecified atom stereocenters. The second kappa shape index (κ2) is 3.14. The van der Waals surface area contributed by atoms with Crippen LogP contribution in [0.5, 0.6) is 0 Å². The van der Waals surface area contributed by atoms with E-state index in [1.807, 2.05) is 0 Å². The number of benzene rings is 1. The van der Waals surface area contributed by atoms with E-state index in [1.165, 1.54) is 30.4 Å². The molecule has 0 N–H and O–H groups in total. The molecule has 0 aliphatic heterocycles. The number of aryl methyl sites for hydroxylation is 1. The minimum Gasteiger partial charge on any atom is -0.0995 e. The molecule has 1 aromatic carbocycles. The van der Waals surface area contributed by atoms with E-state index in [0.717, 1.165) is 5.92 Å². The maximum Gasteiger partial charge on any atom is -0.0165 e. The Balaban J connectivity index is 1.84. The van der Waals surface area contributed by atoms with Crippen LogP contribution in [0.2, 0.25) is 0 Å². The van der Waals surface area contributed by atoms with E-state index in [9.17, 15) is 0 Å². The largest absolute Gasteiger partial charge is 0.0995 e. The lowest BCUT2D eigenvalue weighted by Gasteiger charge is -1.97. The highest BCUT2D eigenvalue weighted by Crippen LogP contribution is 2.39. The van der Waals surface area contributed by atoms with E-state index in [0.29, 0.717) is 0 Å². The van der Waals surface area contributed by atoms with E-state index >= 15 is 0 Å². The Morgan fingerprint density at radius 3 is 2.50 bits per heavy atom. The second-order valence-corrected chi connectivity index (χ2v) is 3.58. The average molecular weight is 158 g/mol. The molecule has 1 aliphatic carbocycles. The molecular weight excluding hydrogens is 144 g/mol. The summed E-state index contributed by atoms with van der Waals surface area (Å²) in [6.45, 7) is 3.96. The van der Waals surface area contributed by atoms with Crippen LogP contribution in [0.1, 0.15) is 18.4 Å². The summed E-state index contributed by atoms with van der Waals surface area (Å²) in [4.78, 5) is 0. The molecule has 1 fully saturated rings. The van der Waals surface area contributed by atoms with Crippen molar-refractivity contribution in [3.05, 3.63) is 48.0 Å². The van der Waals surface area contributed by atoms with Crippen molar-refractivity contribution in [1.82, 2.24) is 0 Å². The summed E-state index contributed by atoms with van der Waals surface area (Å²) in [6.07, 6.45) is 3.78. The summed E-state index contributed by atoms with van der Waals surface area (Å²) in [5.74, 6) is 0.838. The number of allylic oxidation sites excluding steroid dienone is 1. The standard InChI is InChI=1S/C12H14/c1-10-9-12(10)8-7-11-5-3-2-4-6-11/h2-6,12H,1,7-9H2/t12-/m0/s1. The Labute approximate surface area is 73.9 Å². The molecule has 0 nitrogen and oxygen atoms in total. The van der Waals surface area contributed by atoms with Gasteiger partial charge in [0, 0.05) is 0 Å². The quantitative estimate of drug-likeness (QED) is 0.592. The summed E-state index contributed by atoms with van der Waals surface area (Å²) in [7, 11) is 0. The van der Waals surface area contributed by atoms with Gasteiger partial charge in [0.05, 0.1) is 0 Å². The predicted molar refractivity (Wildman–Crippen MR) is 52.0 cm³/mol.